The van der Waals surface area contributed by atoms with Gasteiger partial charge in [-0.2, -0.15) is 0 Å². The molecule has 29 heavy (non-hydrogen) atoms. The van der Waals surface area contributed by atoms with E-state index in [0.717, 1.165) is 11.3 Å². The van der Waals surface area contributed by atoms with Crippen molar-refractivity contribution in [3.05, 3.63) is 96.6 Å². The van der Waals surface area contributed by atoms with Crippen LogP contribution in [0.25, 0.3) is 0 Å². The molecule has 2 aliphatic rings. The molecule has 0 N–H and O–H groups in total. The molecule has 2 heterocycles. The third kappa shape index (κ3) is 2.51. The van der Waals surface area contributed by atoms with Crippen molar-refractivity contribution >= 4 is 23.2 Å². The molecule has 2 fully saturated rings. The highest BCUT2D eigenvalue weighted by Crippen LogP contribution is 2.55. The predicted molar refractivity (Wildman–Crippen MR) is 110 cm³/mol. The van der Waals surface area contributed by atoms with Crippen LogP contribution in [0.15, 0.2) is 91.0 Å². The summed E-state index contributed by atoms with van der Waals surface area (Å²) in [4.78, 5) is 34.5. The first-order valence-corrected chi connectivity index (χ1v) is 9.62. The van der Waals surface area contributed by atoms with Gasteiger partial charge in [0.2, 0.25) is 5.91 Å². The summed E-state index contributed by atoms with van der Waals surface area (Å²) in [5, 5.41) is 1.72. The van der Waals surface area contributed by atoms with Crippen LogP contribution in [0.3, 0.4) is 0 Å². The first-order valence-electron chi connectivity index (χ1n) is 9.62. The smallest absolute Gasteiger partial charge is 0.266 e. The molecule has 2 saturated heterocycles. The second-order valence-electron chi connectivity index (χ2n) is 7.56. The van der Waals surface area contributed by atoms with E-state index in [-0.39, 0.29) is 11.8 Å². The Morgan fingerprint density at radius 2 is 1.28 bits per heavy atom. The fourth-order valence-corrected chi connectivity index (χ4v) is 4.38. The number of imide groups is 1. The summed E-state index contributed by atoms with van der Waals surface area (Å²) in [6.45, 7) is 1.83. The van der Waals surface area contributed by atoms with E-state index < -0.39 is 17.6 Å². The van der Waals surface area contributed by atoms with E-state index in [2.05, 4.69) is 0 Å². The van der Waals surface area contributed by atoms with E-state index >= 15 is 0 Å². The molecule has 0 radical (unpaired) electrons. The minimum Gasteiger partial charge on any atom is -0.273 e. The third-order valence-electron chi connectivity index (χ3n) is 5.82. The molecule has 5 rings (SSSR count). The van der Waals surface area contributed by atoms with Crippen molar-refractivity contribution in [2.75, 3.05) is 9.96 Å². The van der Waals surface area contributed by atoms with Crippen molar-refractivity contribution < 1.29 is 14.4 Å². The minimum atomic E-state index is -1.05. The highest BCUT2D eigenvalue weighted by Gasteiger charge is 2.68. The number of hydrogen-bond acceptors (Lipinski definition) is 4. The zero-order valence-corrected chi connectivity index (χ0v) is 15.9. The van der Waals surface area contributed by atoms with Gasteiger partial charge in [0.1, 0.15) is 5.41 Å². The molecule has 3 aromatic rings. The lowest BCUT2D eigenvalue weighted by atomic mass is 9.76. The topological polar surface area (TPSA) is 49.9 Å². The molecule has 2 aliphatic heterocycles. The molecule has 0 aromatic heterocycles. The second-order valence-corrected chi connectivity index (χ2v) is 7.56. The summed E-state index contributed by atoms with van der Waals surface area (Å²) in [5.74, 6) is -0.575. The van der Waals surface area contributed by atoms with E-state index in [0.29, 0.717) is 5.69 Å². The van der Waals surface area contributed by atoms with Crippen LogP contribution in [-0.4, -0.2) is 17.9 Å². The summed E-state index contributed by atoms with van der Waals surface area (Å²) in [5.41, 5.74) is 1.26. The number of carbonyl (C=O) groups excluding carboxylic acids is 2. The lowest BCUT2D eigenvalue weighted by molar-refractivity contribution is -0.128. The Kier molecular flexibility index (Phi) is 4.00. The minimum absolute atomic E-state index is 0.244. The number of para-hydroxylation sites is 2. The highest BCUT2D eigenvalue weighted by atomic mass is 16.7. The van der Waals surface area contributed by atoms with Crippen LogP contribution in [-0.2, 0) is 14.4 Å². The van der Waals surface area contributed by atoms with Crippen molar-refractivity contribution in [2.45, 2.75) is 19.1 Å². The van der Waals surface area contributed by atoms with Crippen LogP contribution in [0, 0.1) is 5.41 Å². The molecule has 0 spiro atoms. The maximum atomic E-state index is 13.7. The van der Waals surface area contributed by atoms with Gasteiger partial charge in [-0.15, -0.1) is 0 Å². The Bertz CT molecular complexity index is 1060. The summed E-state index contributed by atoms with van der Waals surface area (Å²) in [6.07, 6.45) is -0.888. The van der Waals surface area contributed by atoms with Gasteiger partial charge in [0.15, 0.2) is 6.10 Å². The maximum Gasteiger partial charge on any atom is 0.266 e. The first kappa shape index (κ1) is 17.6. The Labute approximate surface area is 169 Å². The van der Waals surface area contributed by atoms with Crippen LogP contribution in [0.4, 0.5) is 11.4 Å². The largest absolute Gasteiger partial charge is 0.273 e. The summed E-state index contributed by atoms with van der Waals surface area (Å²) in [7, 11) is 0. The summed E-state index contributed by atoms with van der Waals surface area (Å²) >= 11 is 0. The Hall–Kier alpha value is -3.44. The number of rotatable bonds is 3. The van der Waals surface area contributed by atoms with Gasteiger partial charge in [0.05, 0.1) is 17.4 Å². The second kappa shape index (κ2) is 6.57. The fourth-order valence-electron chi connectivity index (χ4n) is 4.38. The van der Waals surface area contributed by atoms with Crippen molar-refractivity contribution in [3.63, 3.8) is 0 Å². The van der Waals surface area contributed by atoms with Crippen molar-refractivity contribution in [2.24, 2.45) is 5.41 Å². The number of benzene rings is 3. The van der Waals surface area contributed by atoms with E-state index in [1.807, 2.05) is 85.8 Å². The highest BCUT2D eigenvalue weighted by molar-refractivity contribution is 6.25. The molecule has 2 amide bonds. The number of carbonyl (C=O) groups is 2. The standard InChI is InChI=1S/C24H20N2O3/c1-24-20(17-11-5-2-6-12-17)26(19-15-9-4-10-16-19)29-21(24)22(27)25(23(24)28)18-13-7-3-8-14-18/h2-16,20-21H,1H3. The number of fused-ring (bicyclic) bond motifs is 1. The molecule has 5 nitrogen and oxygen atoms in total. The molecule has 0 aliphatic carbocycles. The van der Waals surface area contributed by atoms with Crippen LogP contribution >= 0.6 is 0 Å². The van der Waals surface area contributed by atoms with E-state index in [4.69, 9.17) is 4.84 Å². The molecule has 3 atom stereocenters. The van der Waals surface area contributed by atoms with Gasteiger partial charge < -0.3 is 0 Å². The fraction of sp³-hybridized carbons (Fsp3) is 0.167. The maximum absolute atomic E-state index is 13.7. The van der Waals surface area contributed by atoms with E-state index in [1.54, 1.807) is 17.2 Å². The van der Waals surface area contributed by atoms with Gasteiger partial charge in [-0.1, -0.05) is 66.7 Å². The van der Waals surface area contributed by atoms with Crippen molar-refractivity contribution in [1.29, 1.82) is 0 Å². The average Bonchev–Trinajstić information content (AvgIpc) is 3.18. The number of nitrogens with zero attached hydrogens (tertiary/aromatic N) is 2. The number of hydrogen-bond donors (Lipinski definition) is 0. The molecule has 5 heteroatoms. The molecular weight excluding hydrogens is 364 g/mol. The number of hydroxylamine groups is 1. The van der Waals surface area contributed by atoms with Gasteiger partial charge in [0.25, 0.3) is 5.91 Å². The lowest BCUT2D eigenvalue weighted by Crippen LogP contribution is -2.41. The number of amides is 2. The summed E-state index contributed by atoms with van der Waals surface area (Å²) in [6, 6.07) is 28.0. The molecule has 3 aromatic carbocycles. The molecule has 3 unspecified atom stereocenters. The molecular formula is C24H20N2O3. The van der Waals surface area contributed by atoms with Crippen molar-refractivity contribution in [3.8, 4) is 0 Å². The first-order chi connectivity index (χ1) is 14.1. The van der Waals surface area contributed by atoms with E-state index in [9.17, 15) is 9.59 Å². The third-order valence-corrected chi connectivity index (χ3v) is 5.82. The normalized spacial score (nSPS) is 26.1. The van der Waals surface area contributed by atoms with Crippen LogP contribution in [0.1, 0.15) is 18.5 Å². The predicted octanol–water partition coefficient (Wildman–Crippen LogP) is 4.13. The Morgan fingerprint density at radius 3 is 1.86 bits per heavy atom. The zero-order chi connectivity index (χ0) is 20.0. The summed E-state index contributed by atoms with van der Waals surface area (Å²) < 4.78 is 0. The van der Waals surface area contributed by atoms with Gasteiger partial charge >= 0.3 is 0 Å². The van der Waals surface area contributed by atoms with Crippen molar-refractivity contribution in [1.82, 2.24) is 0 Å². The zero-order valence-electron chi connectivity index (χ0n) is 15.9. The van der Waals surface area contributed by atoms with Gasteiger partial charge in [-0.3, -0.25) is 14.4 Å². The van der Waals surface area contributed by atoms with E-state index in [1.165, 1.54) is 4.90 Å². The molecule has 0 saturated carbocycles. The Morgan fingerprint density at radius 1 is 0.759 bits per heavy atom. The lowest BCUT2D eigenvalue weighted by Gasteiger charge is -2.32. The Balaban J connectivity index is 1.65. The van der Waals surface area contributed by atoms with Crippen LogP contribution < -0.4 is 9.96 Å². The van der Waals surface area contributed by atoms with Crippen LogP contribution in [0.2, 0.25) is 0 Å². The van der Waals surface area contributed by atoms with Crippen LogP contribution in [0.5, 0.6) is 0 Å². The van der Waals surface area contributed by atoms with Gasteiger partial charge in [-0.25, -0.2) is 9.96 Å². The number of anilines is 2. The molecule has 144 valence electrons. The van der Waals surface area contributed by atoms with Gasteiger partial charge in [0, 0.05) is 0 Å². The van der Waals surface area contributed by atoms with Gasteiger partial charge in [-0.05, 0) is 36.8 Å². The monoisotopic (exact) mass is 384 g/mol. The SMILES string of the molecule is CC12C(=O)N(c3ccccc3)C(=O)C1ON(c1ccccc1)C2c1ccccc1. The molecule has 0 bridgehead atoms. The quantitative estimate of drug-likeness (QED) is 0.637. The average molecular weight is 384 g/mol.